The molecule has 168 valence electrons. The van der Waals surface area contributed by atoms with Crippen molar-refractivity contribution in [3.8, 4) is 0 Å². The van der Waals surface area contributed by atoms with Gasteiger partial charge in [0.2, 0.25) is 0 Å². The van der Waals surface area contributed by atoms with Crippen LogP contribution in [0.5, 0.6) is 0 Å². The first-order valence-electron chi connectivity index (χ1n) is 11.5. The second-order valence-electron chi connectivity index (χ2n) is 12.2. The Kier molecular flexibility index (Phi) is 5.92. The molecule has 0 radical (unpaired) electrons. The number of aliphatic imine (C=N–C) groups is 3. The van der Waals surface area contributed by atoms with Gasteiger partial charge < -0.3 is 0 Å². The van der Waals surface area contributed by atoms with Crippen LogP contribution in [-0.4, -0.2) is 23.3 Å². The Morgan fingerprint density at radius 2 is 1.55 bits per heavy atom. The smallest absolute Gasteiger partial charge is 0.253 e. The maximum Gasteiger partial charge on any atom is 0.253 e. The van der Waals surface area contributed by atoms with Crippen molar-refractivity contribution in [3.63, 3.8) is 0 Å². The van der Waals surface area contributed by atoms with E-state index in [-0.39, 0.29) is 22.2 Å². The second kappa shape index (κ2) is 7.79. The number of fused-ring (bicyclic) bond motifs is 2. The van der Waals surface area contributed by atoms with Crippen LogP contribution >= 0.6 is 0 Å². The summed E-state index contributed by atoms with van der Waals surface area (Å²) < 4.78 is 0. The van der Waals surface area contributed by atoms with Gasteiger partial charge in [0.1, 0.15) is 5.84 Å². The lowest BCUT2D eigenvalue weighted by Crippen LogP contribution is -2.37. The number of amidine groups is 2. The molecule has 1 aromatic carbocycles. The highest BCUT2D eigenvalue weighted by molar-refractivity contribution is 6.14. The number of carbonyl (C=O) groups excluding carboxylic acids is 1. The van der Waals surface area contributed by atoms with E-state index in [1.165, 1.54) is 25.0 Å². The van der Waals surface area contributed by atoms with Gasteiger partial charge in [0.15, 0.2) is 5.84 Å². The maximum atomic E-state index is 12.8. The molecule has 0 heterocycles. The predicted octanol–water partition coefficient (Wildman–Crippen LogP) is 6.74. The van der Waals surface area contributed by atoms with Crippen LogP contribution in [0.4, 0.5) is 0 Å². The molecular formula is C27H39N3O. The topological polar surface area (TPSA) is 54.1 Å². The Morgan fingerprint density at radius 1 is 0.935 bits per heavy atom. The molecule has 0 spiro atoms. The molecule has 0 saturated heterocycles. The van der Waals surface area contributed by atoms with Gasteiger partial charge in [0, 0.05) is 32.9 Å². The number of carbonyl (C=O) groups is 1. The second-order valence-corrected chi connectivity index (χ2v) is 12.2. The highest BCUT2D eigenvalue weighted by atomic mass is 16.1. The molecule has 0 aromatic heterocycles. The molecular weight excluding hydrogens is 382 g/mol. The van der Waals surface area contributed by atoms with Crippen molar-refractivity contribution < 1.29 is 4.79 Å². The van der Waals surface area contributed by atoms with Crippen LogP contribution in [0.1, 0.15) is 87.1 Å². The molecule has 31 heavy (non-hydrogen) atoms. The molecule has 2 aliphatic carbocycles. The fraction of sp³-hybridized carbons (Fsp3) is 0.630. The number of rotatable bonds is 1. The normalized spacial score (nSPS) is 27.8. The Bertz CT molecular complexity index is 932. The Labute approximate surface area is 188 Å². The molecule has 0 aliphatic heterocycles. The average Bonchev–Trinajstić information content (AvgIpc) is 3.13. The molecule has 2 bridgehead atoms. The predicted molar refractivity (Wildman–Crippen MR) is 131 cm³/mol. The molecule has 2 atom stereocenters. The van der Waals surface area contributed by atoms with Gasteiger partial charge in [-0.25, -0.2) is 9.98 Å². The molecule has 2 aliphatic rings. The first-order chi connectivity index (χ1) is 14.1. The molecule has 3 rings (SSSR count). The van der Waals surface area contributed by atoms with Gasteiger partial charge in [0.25, 0.3) is 5.91 Å². The molecule has 4 nitrogen and oxygen atoms in total. The lowest BCUT2D eigenvalue weighted by atomic mass is 9.70. The van der Waals surface area contributed by atoms with Crippen LogP contribution < -0.4 is 0 Å². The van der Waals surface area contributed by atoms with Gasteiger partial charge in [0.05, 0.1) is 0 Å². The van der Waals surface area contributed by atoms with Crippen molar-refractivity contribution in [2.24, 2.45) is 42.6 Å². The third-order valence-electron chi connectivity index (χ3n) is 6.93. The zero-order chi connectivity index (χ0) is 23.2. The van der Waals surface area contributed by atoms with Crippen molar-refractivity contribution in [2.45, 2.75) is 81.6 Å². The van der Waals surface area contributed by atoms with E-state index in [1.54, 1.807) is 0 Å². The summed E-state index contributed by atoms with van der Waals surface area (Å²) in [5.74, 6) is 1.69. The van der Waals surface area contributed by atoms with E-state index in [0.717, 1.165) is 11.4 Å². The van der Waals surface area contributed by atoms with Gasteiger partial charge in [-0.15, -0.1) is 0 Å². The molecule has 2 unspecified atom stereocenters. The zero-order valence-electron chi connectivity index (χ0n) is 20.8. The van der Waals surface area contributed by atoms with Crippen molar-refractivity contribution >= 4 is 23.3 Å². The maximum absolute atomic E-state index is 12.8. The lowest BCUT2D eigenvalue weighted by Gasteiger charge is -2.36. The number of nitrogens with zero attached hydrogens (tertiary/aromatic N) is 3. The SMILES string of the molecule is CC(C)(C)C(=O)N=C(N=C(N=C1C2(C)CCC(C2)C1(C)C)C(C)(C)C)c1ccccc1. The largest absolute Gasteiger partial charge is 0.272 e. The van der Waals surface area contributed by atoms with E-state index in [2.05, 4.69) is 46.5 Å². The van der Waals surface area contributed by atoms with Crippen molar-refractivity contribution in [2.75, 3.05) is 0 Å². The summed E-state index contributed by atoms with van der Waals surface area (Å²) in [6, 6.07) is 9.76. The minimum Gasteiger partial charge on any atom is -0.272 e. The highest BCUT2D eigenvalue weighted by Gasteiger charge is 2.57. The fourth-order valence-corrected chi connectivity index (χ4v) is 4.89. The van der Waals surface area contributed by atoms with E-state index in [0.29, 0.717) is 11.8 Å². The fourth-order valence-electron chi connectivity index (χ4n) is 4.89. The van der Waals surface area contributed by atoms with Gasteiger partial charge >= 0.3 is 0 Å². The molecule has 1 amide bonds. The average molecular weight is 422 g/mol. The van der Waals surface area contributed by atoms with E-state index < -0.39 is 5.41 Å². The Hall–Kier alpha value is -2.10. The summed E-state index contributed by atoms with van der Waals surface area (Å²) in [5, 5.41) is 0. The minimum atomic E-state index is -0.566. The molecule has 1 aromatic rings. The number of hydrogen-bond donors (Lipinski definition) is 0. The summed E-state index contributed by atoms with van der Waals surface area (Å²) in [4.78, 5) is 27.5. The van der Waals surface area contributed by atoms with Crippen LogP contribution in [-0.2, 0) is 4.79 Å². The van der Waals surface area contributed by atoms with E-state index in [9.17, 15) is 4.79 Å². The molecule has 0 N–H and O–H groups in total. The van der Waals surface area contributed by atoms with Crippen LogP contribution in [0, 0.1) is 27.6 Å². The van der Waals surface area contributed by atoms with Crippen molar-refractivity contribution in [1.82, 2.24) is 0 Å². The van der Waals surface area contributed by atoms with Gasteiger partial charge in [-0.3, -0.25) is 4.79 Å². The molecule has 2 saturated carbocycles. The lowest BCUT2D eigenvalue weighted by molar-refractivity contribution is -0.124. The van der Waals surface area contributed by atoms with Crippen LogP contribution in [0.3, 0.4) is 0 Å². The van der Waals surface area contributed by atoms with E-state index >= 15 is 0 Å². The van der Waals surface area contributed by atoms with E-state index in [1.807, 2.05) is 51.1 Å². The summed E-state index contributed by atoms with van der Waals surface area (Å²) >= 11 is 0. The number of hydrogen-bond acceptors (Lipinski definition) is 1. The summed E-state index contributed by atoms with van der Waals surface area (Å²) in [7, 11) is 0. The van der Waals surface area contributed by atoms with Gasteiger partial charge in [-0.1, -0.05) is 92.6 Å². The van der Waals surface area contributed by atoms with Crippen LogP contribution in [0.25, 0.3) is 0 Å². The number of amides is 1. The Balaban J connectivity index is 2.17. The molecule has 4 heteroatoms. The third kappa shape index (κ3) is 4.73. The number of benzene rings is 1. The first-order valence-corrected chi connectivity index (χ1v) is 11.5. The summed E-state index contributed by atoms with van der Waals surface area (Å²) in [6.45, 7) is 19.1. The standard InChI is InChI=1S/C27H39N3O/c1-24(2,3)22(30-21-26(7,8)19-15-16-27(21,9)17-19)28-20(18-13-11-10-12-14-18)29-23(31)25(4,5)6/h10-14,19H,15-17H2,1-9H3. The quantitative estimate of drug-likeness (QED) is 0.366. The summed E-state index contributed by atoms with van der Waals surface area (Å²) in [5.41, 5.74) is 1.47. The third-order valence-corrected chi connectivity index (χ3v) is 6.93. The van der Waals surface area contributed by atoms with Crippen LogP contribution in [0.15, 0.2) is 45.3 Å². The van der Waals surface area contributed by atoms with Crippen molar-refractivity contribution in [1.29, 1.82) is 0 Å². The first kappa shape index (κ1) is 23.6. The van der Waals surface area contributed by atoms with Crippen molar-refractivity contribution in [3.05, 3.63) is 35.9 Å². The van der Waals surface area contributed by atoms with E-state index in [4.69, 9.17) is 9.98 Å². The van der Waals surface area contributed by atoms with Gasteiger partial charge in [-0.05, 0) is 25.2 Å². The monoisotopic (exact) mass is 421 g/mol. The molecule has 2 fully saturated rings. The zero-order valence-corrected chi connectivity index (χ0v) is 20.8. The minimum absolute atomic E-state index is 0.0737. The van der Waals surface area contributed by atoms with Gasteiger partial charge in [-0.2, -0.15) is 4.99 Å². The highest BCUT2D eigenvalue weighted by Crippen LogP contribution is 2.60. The Morgan fingerprint density at radius 3 is 2.03 bits per heavy atom. The summed E-state index contributed by atoms with van der Waals surface area (Å²) in [6.07, 6.45) is 3.68. The van der Waals surface area contributed by atoms with Crippen LogP contribution in [0.2, 0.25) is 0 Å².